The Morgan fingerprint density at radius 2 is 1.30 bits per heavy atom. The quantitative estimate of drug-likeness (QED) is 0.601. The van der Waals surface area contributed by atoms with Crippen LogP contribution < -0.4 is 0 Å². The molecule has 0 unspecified atom stereocenters. The standard InChI is InChI=1S/C22H18O/c1-22(2)19-11-7-6-10-17(19)21(23)18-14-16(12-13-20(18)22)15-8-4-3-5-9-15/h3-14H,1-2H3. The van der Waals surface area contributed by atoms with Crippen LogP contribution in [0.1, 0.15) is 40.9 Å². The van der Waals surface area contributed by atoms with Gasteiger partial charge in [-0.3, -0.25) is 4.79 Å². The summed E-state index contributed by atoms with van der Waals surface area (Å²) >= 11 is 0. The average Bonchev–Trinajstić information content (AvgIpc) is 2.60. The van der Waals surface area contributed by atoms with Crippen LogP contribution in [0.15, 0.2) is 72.8 Å². The van der Waals surface area contributed by atoms with Gasteiger partial charge in [0.15, 0.2) is 5.78 Å². The summed E-state index contributed by atoms with van der Waals surface area (Å²) < 4.78 is 0. The molecule has 3 aromatic rings. The van der Waals surface area contributed by atoms with E-state index >= 15 is 0 Å². The number of hydrogen-bond donors (Lipinski definition) is 0. The van der Waals surface area contributed by atoms with Gasteiger partial charge in [-0.25, -0.2) is 0 Å². The fraction of sp³-hybridized carbons (Fsp3) is 0.136. The van der Waals surface area contributed by atoms with Crippen LogP contribution in [0.25, 0.3) is 11.1 Å². The highest BCUT2D eigenvalue weighted by Gasteiger charge is 2.36. The molecule has 1 nitrogen and oxygen atoms in total. The molecule has 0 N–H and O–H groups in total. The summed E-state index contributed by atoms with van der Waals surface area (Å²) in [6, 6.07) is 24.5. The molecule has 0 fully saturated rings. The van der Waals surface area contributed by atoms with Crippen molar-refractivity contribution in [2.24, 2.45) is 0 Å². The zero-order chi connectivity index (χ0) is 16.0. The average molecular weight is 298 g/mol. The van der Waals surface area contributed by atoms with Gasteiger partial charge in [-0.05, 0) is 28.3 Å². The molecular formula is C22H18O. The number of hydrogen-bond acceptors (Lipinski definition) is 1. The van der Waals surface area contributed by atoms with E-state index in [1.54, 1.807) is 0 Å². The van der Waals surface area contributed by atoms with Gasteiger partial charge in [-0.1, -0.05) is 80.6 Å². The molecule has 0 saturated carbocycles. The Kier molecular flexibility index (Phi) is 2.99. The number of benzene rings is 3. The molecule has 0 aliphatic heterocycles. The van der Waals surface area contributed by atoms with Gasteiger partial charge in [0.05, 0.1) is 0 Å². The van der Waals surface area contributed by atoms with Crippen molar-refractivity contribution < 1.29 is 4.79 Å². The minimum absolute atomic E-state index is 0.132. The molecule has 1 heteroatoms. The third kappa shape index (κ3) is 2.04. The molecule has 112 valence electrons. The summed E-state index contributed by atoms with van der Waals surface area (Å²) in [5, 5.41) is 0. The second kappa shape index (κ2) is 4.92. The molecule has 0 aromatic heterocycles. The van der Waals surface area contributed by atoms with Gasteiger partial charge in [0.25, 0.3) is 0 Å². The van der Waals surface area contributed by atoms with Crippen LogP contribution >= 0.6 is 0 Å². The topological polar surface area (TPSA) is 17.1 Å². The largest absolute Gasteiger partial charge is 0.289 e. The van der Waals surface area contributed by atoms with Crippen LogP contribution in [0.3, 0.4) is 0 Å². The molecular weight excluding hydrogens is 280 g/mol. The molecule has 0 amide bonds. The highest BCUT2D eigenvalue weighted by molar-refractivity contribution is 6.13. The van der Waals surface area contributed by atoms with Crippen molar-refractivity contribution in [1.82, 2.24) is 0 Å². The molecule has 0 spiro atoms. The van der Waals surface area contributed by atoms with E-state index in [9.17, 15) is 4.79 Å². The zero-order valence-corrected chi connectivity index (χ0v) is 13.3. The van der Waals surface area contributed by atoms with Crippen molar-refractivity contribution in [3.8, 4) is 11.1 Å². The van der Waals surface area contributed by atoms with Gasteiger partial charge in [-0.2, -0.15) is 0 Å². The minimum atomic E-state index is -0.158. The summed E-state index contributed by atoms with van der Waals surface area (Å²) in [6.07, 6.45) is 0. The number of carbonyl (C=O) groups is 1. The molecule has 23 heavy (non-hydrogen) atoms. The van der Waals surface area contributed by atoms with Crippen molar-refractivity contribution in [2.45, 2.75) is 19.3 Å². The second-order valence-electron chi connectivity index (χ2n) is 6.63. The zero-order valence-electron chi connectivity index (χ0n) is 13.3. The van der Waals surface area contributed by atoms with Gasteiger partial charge in [0.1, 0.15) is 0 Å². The lowest BCUT2D eigenvalue weighted by Gasteiger charge is -2.34. The third-order valence-corrected chi connectivity index (χ3v) is 4.89. The first-order chi connectivity index (χ1) is 11.1. The summed E-state index contributed by atoms with van der Waals surface area (Å²) in [7, 11) is 0. The third-order valence-electron chi connectivity index (χ3n) is 4.89. The van der Waals surface area contributed by atoms with Gasteiger partial charge in [-0.15, -0.1) is 0 Å². The predicted octanol–water partition coefficient (Wildman–Crippen LogP) is 5.22. The number of carbonyl (C=O) groups excluding carboxylic acids is 1. The Hall–Kier alpha value is -2.67. The Labute approximate surface area is 136 Å². The lowest BCUT2D eigenvalue weighted by atomic mass is 9.68. The second-order valence-corrected chi connectivity index (χ2v) is 6.63. The smallest absolute Gasteiger partial charge is 0.193 e. The van der Waals surface area contributed by atoms with E-state index in [2.05, 4.69) is 44.2 Å². The summed E-state index contributed by atoms with van der Waals surface area (Å²) in [5.41, 5.74) is 5.96. The molecule has 0 radical (unpaired) electrons. The van der Waals surface area contributed by atoms with E-state index in [-0.39, 0.29) is 11.2 Å². The van der Waals surface area contributed by atoms with E-state index in [0.29, 0.717) is 0 Å². The summed E-state index contributed by atoms with van der Waals surface area (Å²) in [5.74, 6) is 0.132. The van der Waals surface area contributed by atoms with Crippen LogP contribution in [0, 0.1) is 0 Å². The van der Waals surface area contributed by atoms with Gasteiger partial charge >= 0.3 is 0 Å². The van der Waals surface area contributed by atoms with Crippen LogP contribution in [0.5, 0.6) is 0 Å². The summed E-state index contributed by atoms with van der Waals surface area (Å²) in [4.78, 5) is 13.0. The highest BCUT2D eigenvalue weighted by atomic mass is 16.1. The first kappa shape index (κ1) is 14.0. The van der Waals surface area contributed by atoms with Crippen LogP contribution in [0.4, 0.5) is 0 Å². The van der Waals surface area contributed by atoms with E-state index in [4.69, 9.17) is 0 Å². The van der Waals surface area contributed by atoms with Gasteiger partial charge < -0.3 is 0 Å². The maximum absolute atomic E-state index is 13.0. The fourth-order valence-electron chi connectivity index (χ4n) is 3.60. The molecule has 0 saturated heterocycles. The molecule has 3 aromatic carbocycles. The Morgan fingerprint density at radius 1 is 0.652 bits per heavy atom. The Morgan fingerprint density at radius 3 is 2.09 bits per heavy atom. The van der Waals surface area contributed by atoms with E-state index in [1.165, 1.54) is 0 Å². The number of ketones is 1. The van der Waals surface area contributed by atoms with E-state index in [1.807, 2.05) is 42.5 Å². The summed E-state index contributed by atoms with van der Waals surface area (Å²) in [6.45, 7) is 4.39. The molecule has 1 aliphatic rings. The van der Waals surface area contributed by atoms with Crippen molar-refractivity contribution in [1.29, 1.82) is 0 Å². The molecule has 4 rings (SSSR count). The predicted molar refractivity (Wildman–Crippen MR) is 93.9 cm³/mol. The van der Waals surface area contributed by atoms with Gasteiger partial charge in [0, 0.05) is 16.5 Å². The lowest BCUT2D eigenvalue weighted by molar-refractivity contribution is 0.103. The van der Waals surface area contributed by atoms with Crippen molar-refractivity contribution in [2.75, 3.05) is 0 Å². The first-order valence-corrected chi connectivity index (χ1v) is 7.93. The fourth-order valence-corrected chi connectivity index (χ4v) is 3.60. The van der Waals surface area contributed by atoms with Crippen LogP contribution in [-0.4, -0.2) is 5.78 Å². The monoisotopic (exact) mass is 298 g/mol. The first-order valence-electron chi connectivity index (χ1n) is 7.93. The number of rotatable bonds is 1. The van der Waals surface area contributed by atoms with Crippen molar-refractivity contribution >= 4 is 5.78 Å². The normalized spacial score (nSPS) is 15.0. The van der Waals surface area contributed by atoms with Crippen LogP contribution in [-0.2, 0) is 5.41 Å². The molecule has 0 atom stereocenters. The highest BCUT2D eigenvalue weighted by Crippen LogP contribution is 2.42. The Bertz CT molecular complexity index is 904. The minimum Gasteiger partial charge on any atom is -0.289 e. The number of fused-ring (bicyclic) bond motifs is 2. The SMILES string of the molecule is CC1(C)c2ccccc2C(=O)c2cc(-c3ccccc3)ccc21. The van der Waals surface area contributed by atoms with Crippen molar-refractivity contribution in [3.63, 3.8) is 0 Å². The van der Waals surface area contributed by atoms with E-state index in [0.717, 1.165) is 33.4 Å². The van der Waals surface area contributed by atoms with Crippen molar-refractivity contribution in [3.05, 3.63) is 95.1 Å². The van der Waals surface area contributed by atoms with E-state index < -0.39 is 0 Å². The maximum Gasteiger partial charge on any atom is 0.193 e. The Balaban J connectivity index is 1.94. The molecule has 1 aliphatic carbocycles. The van der Waals surface area contributed by atoms with Crippen LogP contribution in [0.2, 0.25) is 0 Å². The maximum atomic E-state index is 13.0. The lowest BCUT2D eigenvalue weighted by Crippen LogP contribution is -2.30. The molecule has 0 heterocycles. The van der Waals surface area contributed by atoms with Gasteiger partial charge in [0.2, 0.25) is 0 Å². The molecule has 0 bridgehead atoms.